The van der Waals surface area contributed by atoms with E-state index in [0.29, 0.717) is 5.01 Å². The first-order chi connectivity index (χ1) is 9.47. The van der Waals surface area contributed by atoms with Gasteiger partial charge in [-0.3, -0.25) is 10.1 Å². The number of amides is 1. The van der Waals surface area contributed by atoms with E-state index in [2.05, 4.69) is 9.72 Å². The number of hydrogen-bond donors (Lipinski definition) is 1. The number of thiazole rings is 1. The highest BCUT2D eigenvalue weighted by Gasteiger charge is 2.18. The summed E-state index contributed by atoms with van der Waals surface area (Å²) in [7, 11) is 0. The van der Waals surface area contributed by atoms with Crippen LogP contribution in [0.5, 0.6) is 0 Å². The molecule has 1 aromatic carbocycles. The summed E-state index contributed by atoms with van der Waals surface area (Å²) < 4.78 is 17.8. The van der Waals surface area contributed by atoms with E-state index in [-0.39, 0.29) is 23.6 Å². The summed E-state index contributed by atoms with van der Waals surface area (Å²) in [5, 5.41) is 12.8. The van der Waals surface area contributed by atoms with Gasteiger partial charge in [-0.25, -0.2) is 14.2 Å². The van der Waals surface area contributed by atoms with Gasteiger partial charge in [-0.15, -0.1) is 11.3 Å². The first-order valence-corrected chi connectivity index (χ1v) is 6.16. The number of hydrogen-bond acceptors (Lipinski definition) is 6. The molecule has 0 saturated carbocycles. The van der Waals surface area contributed by atoms with Gasteiger partial charge >= 0.3 is 6.09 Å². The monoisotopic (exact) mass is 297 g/mol. The van der Waals surface area contributed by atoms with E-state index in [0.717, 1.165) is 29.5 Å². The lowest BCUT2D eigenvalue weighted by atomic mass is 10.1. The van der Waals surface area contributed by atoms with Crippen molar-refractivity contribution in [3.05, 3.63) is 44.5 Å². The largest absolute Gasteiger partial charge is 0.442 e. The number of halogens is 1. The molecule has 0 aliphatic rings. The van der Waals surface area contributed by atoms with Crippen LogP contribution in [-0.4, -0.2) is 16.0 Å². The van der Waals surface area contributed by atoms with E-state index in [4.69, 9.17) is 5.73 Å². The third-order valence-corrected chi connectivity index (χ3v) is 3.14. The predicted octanol–water partition coefficient (Wildman–Crippen LogP) is 2.45. The molecule has 0 fully saturated rings. The number of nitro groups is 1. The summed E-state index contributed by atoms with van der Waals surface area (Å²) >= 11 is 1.12. The van der Waals surface area contributed by atoms with Gasteiger partial charge in [0.15, 0.2) is 0 Å². The Morgan fingerprint density at radius 2 is 2.30 bits per heavy atom. The number of rotatable bonds is 4. The molecule has 2 N–H and O–H groups in total. The lowest BCUT2D eigenvalue weighted by molar-refractivity contribution is -0.384. The van der Waals surface area contributed by atoms with Gasteiger partial charge in [0.1, 0.15) is 17.4 Å². The Morgan fingerprint density at radius 1 is 1.55 bits per heavy atom. The van der Waals surface area contributed by atoms with Crippen molar-refractivity contribution in [3.63, 3.8) is 0 Å². The van der Waals surface area contributed by atoms with Crippen LogP contribution >= 0.6 is 11.3 Å². The number of aromatic nitrogens is 1. The Kier molecular flexibility index (Phi) is 3.89. The van der Waals surface area contributed by atoms with Gasteiger partial charge in [0, 0.05) is 11.4 Å². The number of nitrogens with zero attached hydrogens (tertiary/aromatic N) is 2. The molecule has 7 nitrogen and oxygen atoms in total. The Bertz CT molecular complexity index is 673. The second kappa shape index (κ2) is 5.61. The third kappa shape index (κ3) is 3.06. The summed E-state index contributed by atoms with van der Waals surface area (Å²) in [6.45, 7) is -0.136. The second-order valence-electron chi connectivity index (χ2n) is 3.65. The van der Waals surface area contributed by atoms with Crippen LogP contribution in [0.4, 0.5) is 14.9 Å². The van der Waals surface area contributed by atoms with Gasteiger partial charge in [0.25, 0.3) is 5.69 Å². The molecule has 2 rings (SSSR count). The van der Waals surface area contributed by atoms with Crippen LogP contribution in [0.15, 0.2) is 23.6 Å². The molecule has 0 unspecified atom stereocenters. The van der Waals surface area contributed by atoms with Gasteiger partial charge in [0.2, 0.25) is 0 Å². The zero-order valence-corrected chi connectivity index (χ0v) is 10.7. The average molecular weight is 297 g/mol. The van der Waals surface area contributed by atoms with Crippen molar-refractivity contribution in [3.8, 4) is 11.3 Å². The van der Waals surface area contributed by atoms with Crippen LogP contribution in [0.3, 0.4) is 0 Å². The Balaban J connectivity index is 2.34. The topological polar surface area (TPSA) is 108 Å². The van der Waals surface area contributed by atoms with Crippen molar-refractivity contribution in [2.75, 3.05) is 0 Å². The molecule has 104 valence electrons. The molecule has 9 heteroatoms. The van der Waals surface area contributed by atoms with Crippen molar-refractivity contribution in [2.45, 2.75) is 6.61 Å². The highest BCUT2D eigenvalue weighted by Crippen LogP contribution is 2.31. The number of primary amides is 1. The van der Waals surface area contributed by atoms with Crippen molar-refractivity contribution < 1.29 is 18.8 Å². The molecule has 20 heavy (non-hydrogen) atoms. The van der Waals surface area contributed by atoms with Crippen LogP contribution in [0.1, 0.15) is 5.01 Å². The van der Waals surface area contributed by atoms with Crippen LogP contribution in [0.2, 0.25) is 0 Å². The van der Waals surface area contributed by atoms with E-state index in [1.54, 1.807) is 0 Å². The van der Waals surface area contributed by atoms with Crippen LogP contribution in [0, 0.1) is 15.9 Å². The third-order valence-electron chi connectivity index (χ3n) is 2.32. The number of nitrogens with two attached hydrogens (primary N) is 1. The van der Waals surface area contributed by atoms with Crippen LogP contribution in [0.25, 0.3) is 11.3 Å². The number of carbonyl (C=O) groups is 1. The quantitative estimate of drug-likeness (QED) is 0.688. The van der Waals surface area contributed by atoms with Crippen molar-refractivity contribution in [1.29, 1.82) is 0 Å². The standard InChI is InChI=1S/C11H8FN3O4S/c12-6-1-2-9(15(17)18)7(3-6)8-5-20-10(14-8)4-19-11(13)16/h1-3,5H,4H2,(H2,13,16). The minimum Gasteiger partial charge on any atom is -0.442 e. The lowest BCUT2D eigenvalue weighted by Gasteiger charge is -2.00. The van der Waals surface area contributed by atoms with Crippen LogP contribution < -0.4 is 5.73 Å². The van der Waals surface area contributed by atoms with Crippen molar-refractivity contribution in [2.24, 2.45) is 5.73 Å². The molecular weight excluding hydrogens is 289 g/mol. The van der Waals surface area contributed by atoms with E-state index in [1.807, 2.05) is 0 Å². The Morgan fingerprint density at radius 3 is 2.95 bits per heavy atom. The summed E-state index contributed by atoms with van der Waals surface area (Å²) in [5.41, 5.74) is 4.87. The number of nitro benzene ring substituents is 1. The highest BCUT2D eigenvalue weighted by atomic mass is 32.1. The van der Waals surface area contributed by atoms with E-state index in [9.17, 15) is 19.3 Å². The van der Waals surface area contributed by atoms with Gasteiger partial charge in [-0.1, -0.05) is 0 Å². The SMILES string of the molecule is NC(=O)OCc1nc(-c2cc(F)ccc2[N+](=O)[O-])cs1. The molecule has 0 bridgehead atoms. The number of ether oxygens (including phenoxy) is 1. The molecule has 1 amide bonds. The van der Waals surface area contributed by atoms with E-state index in [1.165, 1.54) is 5.38 Å². The van der Waals surface area contributed by atoms with Crippen molar-refractivity contribution in [1.82, 2.24) is 4.98 Å². The summed E-state index contributed by atoms with van der Waals surface area (Å²) in [4.78, 5) is 24.8. The van der Waals surface area contributed by atoms with Gasteiger partial charge in [-0.2, -0.15) is 0 Å². The molecule has 0 aliphatic heterocycles. The minimum atomic E-state index is -0.946. The smallest absolute Gasteiger partial charge is 0.404 e. The maximum absolute atomic E-state index is 13.2. The average Bonchev–Trinajstić information content (AvgIpc) is 2.84. The van der Waals surface area contributed by atoms with Gasteiger partial charge in [-0.05, 0) is 12.1 Å². The Labute approximate surface area is 116 Å². The summed E-state index contributed by atoms with van der Waals surface area (Å²) in [6, 6.07) is 3.11. The minimum absolute atomic E-state index is 0.0663. The molecule has 1 heterocycles. The zero-order valence-electron chi connectivity index (χ0n) is 9.91. The molecule has 2 aromatic rings. The molecule has 0 radical (unpaired) electrons. The van der Waals surface area contributed by atoms with Crippen molar-refractivity contribution >= 4 is 23.1 Å². The highest BCUT2D eigenvalue weighted by molar-refractivity contribution is 7.09. The molecule has 1 aromatic heterocycles. The maximum Gasteiger partial charge on any atom is 0.404 e. The zero-order chi connectivity index (χ0) is 14.7. The maximum atomic E-state index is 13.2. The van der Waals surface area contributed by atoms with E-state index < -0.39 is 16.8 Å². The van der Waals surface area contributed by atoms with Gasteiger partial charge in [0.05, 0.1) is 16.2 Å². The van der Waals surface area contributed by atoms with Gasteiger partial charge < -0.3 is 10.5 Å². The first-order valence-electron chi connectivity index (χ1n) is 5.28. The lowest BCUT2D eigenvalue weighted by Crippen LogP contribution is -2.12. The molecular formula is C11H8FN3O4S. The summed E-state index contributed by atoms with van der Waals surface area (Å²) in [6.07, 6.45) is -0.946. The fraction of sp³-hybridized carbons (Fsp3) is 0.0909. The Hall–Kier alpha value is -2.55. The van der Waals surface area contributed by atoms with Crippen LogP contribution in [-0.2, 0) is 11.3 Å². The number of benzene rings is 1. The fourth-order valence-electron chi connectivity index (χ4n) is 1.51. The predicted molar refractivity (Wildman–Crippen MR) is 68.5 cm³/mol. The fourth-order valence-corrected chi connectivity index (χ4v) is 2.21. The molecule has 0 atom stereocenters. The summed E-state index contributed by atoms with van der Waals surface area (Å²) in [5.74, 6) is -0.603. The normalized spacial score (nSPS) is 10.2. The number of carbonyl (C=O) groups excluding carboxylic acids is 1. The van der Waals surface area contributed by atoms with E-state index >= 15 is 0 Å². The molecule has 0 saturated heterocycles. The second-order valence-corrected chi connectivity index (χ2v) is 4.60. The molecule has 0 spiro atoms. The molecule has 0 aliphatic carbocycles. The first kappa shape index (κ1) is 13.9.